The maximum absolute atomic E-state index is 10.0. The van der Waals surface area contributed by atoms with Crippen molar-refractivity contribution >= 4 is 46.2 Å². The fourth-order valence-electron chi connectivity index (χ4n) is 3.69. The van der Waals surface area contributed by atoms with E-state index in [0.29, 0.717) is 61.2 Å². The van der Waals surface area contributed by atoms with Crippen LogP contribution in [-0.4, -0.2) is 25.8 Å². The molecule has 0 radical (unpaired) electrons. The van der Waals surface area contributed by atoms with Crippen molar-refractivity contribution in [1.82, 2.24) is 19.6 Å². The molecule has 5 rings (SSSR count). The van der Waals surface area contributed by atoms with Crippen molar-refractivity contribution < 1.29 is 4.74 Å². The largest absolute Gasteiger partial charge is 0.457 e. The van der Waals surface area contributed by atoms with Gasteiger partial charge < -0.3 is 15.8 Å². The molecular weight excluding hydrogens is 508 g/mol. The summed E-state index contributed by atoms with van der Waals surface area (Å²) in [5, 5.41) is 28.6. The first kappa shape index (κ1) is 23.9. The quantitative estimate of drug-likeness (QED) is 0.155. The molecule has 0 saturated carbocycles. The van der Waals surface area contributed by atoms with E-state index in [1.54, 1.807) is 54.9 Å². The number of ether oxygens (including phenoxy) is 1. The van der Waals surface area contributed by atoms with Gasteiger partial charge in [0.15, 0.2) is 11.5 Å². The summed E-state index contributed by atoms with van der Waals surface area (Å²) in [4.78, 5) is 8.56. The number of fused-ring (bicyclic) bond motifs is 1. The summed E-state index contributed by atoms with van der Waals surface area (Å²) >= 11 is 7.59. The van der Waals surface area contributed by atoms with Crippen LogP contribution in [0.25, 0.3) is 16.9 Å². The highest BCUT2D eigenvalue weighted by molar-refractivity contribution is 7.98. The molecule has 180 valence electrons. The highest BCUT2D eigenvalue weighted by atomic mass is 35.5. The van der Waals surface area contributed by atoms with Crippen molar-refractivity contribution in [2.45, 2.75) is 5.03 Å². The first-order valence-electron chi connectivity index (χ1n) is 10.8. The van der Waals surface area contributed by atoms with Crippen LogP contribution in [0.15, 0.2) is 72.0 Å². The third-order valence-electron chi connectivity index (χ3n) is 5.42. The Kier molecular flexibility index (Phi) is 6.52. The molecule has 3 aromatic heterocycles. The maximum Gasteiger partial charge on any atom is 0.177 e. The van der Waals surface area contributed by atoms with Gasteiger partial charge in [-0.15, -0.1) is 16.9 Å². The lowest BCUT2D eigenvalue weighted by Gasteiger charge is -2.11. The Hall–Kier alpha value is -4.77. The zero-order valence-electron chi connectivity index (χ0n) is 19.3. The van der Waals surface area contributed by atoms with Gasteiger partial charge in [-0.25, -0.2) is 9.50 Å². The van der Waals surface area contributed by atoms with Gasteiger partial charge in [0.25, 0.3) is 0 Å². The number of nitrogens with two attached hydrogens (primary N) is 1. The second-order valence-corrected chi connectivity index (χ2v) is 8.90. The van der Waals surface area contributed by atoms with Crippen LogP contribution >= 0.6 is 23.4 Å². The molecule has 0 saturated heterocycles. The van der Waals surface area contributed by atoms with Gasteiger partial charge in [0, 0.05) is 23.6 Å². The van der Waals surface area contributed by atoms with Crippen molar-refractivity contribution in [3.05, 3.63) is 83.1 Å². The third-order valence-corrected chi connectivity index (χ3v) is 6.43. The number of nitrogens with one attached hydrogen (secondary N) is 1. The minimum Gasteiger partial charge on any atom is -0.457 e. The number of hydrogen-bond acceptors (Lipinski definition) is 9. The van der Waals surface area contributed by atoms with Crippen molar-refractivity contribution in [3.8, 4) is 34.9 Å². The van der Waals surface area contributed by atoms with Crippen LogP contribution in [0, 0.1) is 22.7 Å². The third kappa shape index (κ3) is 4.59. The zero-order chi connectivity index (χ0) is 25.9. The summed E-state index contributed by atoms with van der Waals surface area (Å²) in [7, 11) is 0. The van der Waals surface area contributed by atoms with E-state index >= 15 is 0 Å². The summed E-state index contributed by atoms with van der Waals surface area (Å²) in [5.74, 6) is 1.60. The summed E-state index contributed by atoms with van der Waals surface area (Å²) in [6, 6.07) is 20.2. The van der Waals surface area contributed by atoms with Gasteiger partial charge in [-0.3, -0.25) is 4.98 Å². The Morgan fingerprint density at radius 2 is 1.70 bits per heavy atom. The Morgan fingerprint density at radius 3 is 2.35 bits per heavy atom. The number of halogens is 1. The molecule has 2 aromatic carbocycles. The normalized spacial score (nSPS) is 10.6. The van der Waals surface area contributed by atoms with Crippen molar-refractivity contribution in [1.29, 1.82) is 10.5 Å². The molecule has 9 nitrogen and oxygen atoms in total. The minimum absolute atomic E-state index is 0.236. The van der Waals surface area contributed by atoms with Gasteiger partial charge in [-0.1, -0.05) is 17.7 Å². The second-order valence-electron chi connectivity index (χ2n) is 7.70. The van der Waals surface area contributed by atoms with Gasteiger partial charge in [0.2, 0.25) is 0 Å². The molecule has 11 heteroatoms. The molecule has 0 amide bonds. The fraction of sp³-hybridized carbons (Fsp3) is 0.0385. The Labute approximate surface area is 221 Å². The molecule has 0 aliphatic rings. The first-order chi connectivity index (χ1) is 18.0. The number of aromatic nitrogens is 4. The zero-order valence-corrected chi connectivity index (χ0v) is 20.9. The Bertz CT molecular complexity index is 1710. The Balaban J connectivity index is 1.59. The number of nitriles is 2. The van der Waals surface area contributed by atoms with Crippen LogP contribution in [0.2, 0.25) is 5.02 Å². The molecule has 0 unspecified atom stereocenters. The highest BCUT2D eigenvalue weighted by Crippen LogP contribution is 2.35. The minimum atomic E-state index is 0.236. The van der Waals surface area contributed by atoms with E-state index in [1.807, 2.05) is 18.4 Å². The molecule has 5 aromatic rings. The van der Waals surface area contributed by atoms with Gasteiger partial charge in [-0.05, 0) is 54.8 Å². The number of rotatable bonds is 6. The van der Waals surface area contributed by atoms with E-state index in [0.717, 1.165) is 0 Å². The SMILES string of the molecule is CSc1nc2c(C#N)c(Nc3ccc(Oc4ccncc4)cc3)nn2c(-c2ccc(N)c(Cl)c2)c1C#N. The topological polar surface area (TPSA) is 138 Å². The van der Waals surface area contributed by atoms with Crippen molar-refractivity contribution in [3.63, 3.8) is 0 Å². The van der Waals surface area contributed by atoms with Gasteiger partial charge >= 0.3 is 0 Å². The summed E-state index contributed by atoms with van der Waals surface area (Å²) in [6.45, 7) is 0. The smallest absolute Gasteiger partial charge is 0.177 e. The van der Waals surface area contributed by atoms with Crippen LogP contribution < -0.4 is 15.8 Å². The first-order valence-corrected chi connectivity index (χ1v) is 12.4. The van der Waals surface area contributed by atoms with Gasteiger partial charge in [0.1, 0.15) is 39.8 Å². The molecule has 3 N–H and O–H groups in total. The molecule has 0 aliphatic heterocycles. The molecule has 0 atom stereocenters. The summed E-state index contributed by atoms with van der Waals surface area (Å²) < 4.78 is 7.30. The molecule has 0 aliphatic carbocycles. The summed E-state index contributed by atoms with van der Waals surface area (Å²) in [6.07, 6.45) is 5.12. The highest BCUT2D eigenvalue weighted by Gasteiger charge is 2.23. The average molecular weight is 525 g/mol. The molecule has 0 fully saturated rings. The maximum atomic E-state index is 10.0. The predicted octanol–water partition coefficient (Wildman–Crippen LogP) is 6.03. The number of benzene rings is 2. The molecule has 37 heavy (non-hydrogen) atoms. The van der Waals surface area contributed by atoms with Crippen molar-refractivity contribution in [2.75, 3.05) is 17.3 Å². The second kappa shape index (κ2) is 10.1. The van der Waals surface area contributed by atoms with E-state index in [1.165, 1.54) is 16.3 Å². The molecule has 0 spiro atoms. The van der Waals surface area contributed by atoms with Crippen LogP contribution in [0.5, 0.6) is 11.5 Å². The number of anilines is 3. The lowest BCUT2D eigenvalue weighted by molar-refractivity contribution is 0.482. The van der Waals surface area contributed by atoms with Crippen LogP contribution in [0.4, 0.5) is 17.2 Å². The Morgan fingerprint density at radius 1 is 1.00 bits per heavy atom. The monoisotopic (exact) mass is 524 g/mol. The summed E-state index contributed by atoms with van der Waals surface area (Å²) in [5.41, 5.74) is 8.94. The van der Waals surface area contributed by atoms with Gasteiger partial charge in [-0.2, -0.15) is 10.5 Å². The van der Waals surface area contributed by atoms with E-state index < -0.39 is 0 Å². The van der Waals surface area contributed by atoms with Gasteiger partial charge in [0.05, 0.1) is 16.4 Å². The lowest BCUT2D eigenvalue weighted by atomic mass is 10.1. The van der Waals surface area contributed by atoms with E-state index in [4.69, 9.17) is 22.1 Å². The van der Waals surface area contributed by atoms with E-state index in [9.17, 15) is 10.5 Å². The van der Waals surface area contributed by atoms with Crippen LogP contribution in [0.3, 0.4) is 0 Å². The lowest BCUT2D eigenvalue weighted by Crippen LogP contribution is -2.03. The molecule has 0 bridgehead atoms. The number of pyridine rings is 1. The number of nitrogen functional groups attached to an aromatic ring is 1. The number of nitrogens with zero attached hydrogens (tertiary/aromatic N) is 6. The molecular formula is C26H17ClN8OS. The van der Waals surface area contributed by atoms with E-state index in [2.05, 4.69) is 32.5 Å². The van der Waals surface area contributed by atoms with Crippen LogP contribution in [-0.2, 0) is 0 Å². The fourth-order valence-corrected chi connectivity index (χ4v) is 4.40. The number of thioether (sulfide) groups is 1. The van der Waals surface area contributed by atoms with Crippen LogP contribution in [0.1, 0.15) is 11.1 Å². The van der Waals surface area contributed by atoms with E-state index in [-0.39, 0.29) is 5.56 Å². The number of hydrogen-bond donors (Lipinski definition) is 2. The predicted molar refractivity (Wildman–Crippen MR) is 143 cm³/mol. The average Bonchev–Trinajstić information content (AvgIpc) is 3.27. The van der Waals surface area contributed by atoms with Crippen molar-refractivity contribution in [2.24, 2.45) is 0 Å². The standard InChI is InChI=1S/C26H17ClN8OS/c1-37-26-19(13-28)23(15-2-7-22(30)21(27)12-15)35-25(33-26)20(14-29)24(34-35)32-16-3-5-17(6-4-16)36-18-8-10-31-11-9-18/h2-12H,30H2,1H3,(H,32,34). The molecule has 3 heterocycles.